The molecular weight excluding hydrogens is 308 g/mol. The molecule has 0 bridgehead atoms. The van der Waals surface area contributed by atoms with E-state index >= 15 is 0 Å². The van der Waals surface area contributed by atoms with E-state index in [0.717, 1.165) is 0 Å². The summed E-state index contributed by atoms with van der Waals surface area (Å²) in [5.41, 5.74) is 4.99. The number of hydrogen-bond donors (Lipinski definition) is 0. The Labute approximate surface area is 123 Å². The van der Waals surface area contributed by atoms with Crippen LogP contribution in [0.5, 0.6) is 0 Å². The van der Waals surface area contributed by atoms with Crippen LogP contribution in [0.4, 0.5) is 0 Å². The summed E-state index contributed by atoms with van der Waals surface area (Å²) < 4.78 is 38.9. The molecule has 0 atom stereocenters. The van der Waals surface area contributed by atoms with Gasteiger partial charge in [-0.25, -0.2) is 0 Å². The van der Waals surface area contributed by atoms with Gasteiger partial charge in [0, 0.05) is 0 Å². The van der Waals surface area contributed by atoms with Crippen molar-refractivity contribution >= 4 is 27.7 Å². The zero-order valence-corrected chi connectivity index (χ0v) is 16.3. The fourth-order valence-corrected chi connectivity index (χ4v) is 0. The zero-order valence-electron chi connectivity index (χ0n) is 8.53. The van der Waals surface area contributed by atoms with Gasteiger partial charge >= 0.3 is 125 Å². The molecule has 0 spiro atoms. The van der Waals surface area contributed by atoms with E-state index in [1.54, 1.807) is 0 Å². The van der Waals surface area contributed by atoms with Gasteiger partial charge < -0.3 is 0 Å². The van der Waals surface area contributed by atoms with Gasteiger partial charge in [-0.2, -0.15) is 0 Å². The van der Waals surface area contributed by atoms with Crippen LogP contribution >= 0.6 is 0 Å². The van der Waals surface area contributed by atoms with Crippen molar-refractivity contribution in [1.82, 2.24) is 0 Å². The van der Waals surface area contributed by atoms with Crippen LogP contribution < -0.4 is 67.3 Å². The largest absolute Gasteiger partial charge is 1.00 e. The Morgan fingerprint density at radius 3 is 0.750 bits per heavy atom. The summed E-state index contributed by atoms with van der Waals surface area (Å²) in [7, 11) is 0. The summed E-state index contributed by atoms with van der Waals surface area (Å²) in [6.45, 7) is 0. The van der Waals surface area contributed by atoms with Crippen LogP contribution in [0, 0.1) is 0 Å². The maximum absolute atomic E-state index is 9.72. The van der Waals surface area contributed by atoms with Gasteiger partial charge in [-0.05, 0) is 0 Å². The van der Waals surface area contributed by atoms with Crippen molar-refractivity contribution in [3.05, 3.63) is 0 Å². The van der Waals surface area contributed by atoms with Gasteiger partial charge in [0.15, 0.2) is 0 Å². The van der Waals surface area contributed by atoms with Crippen molar-refractivity contribution in [1.29, 1.82) is 0 Å². The van der Waals surface area contributed by atoms with Gasteiger partial charge in [-0.1, -0.05) is 0 Å². The van der Waals surface area contributed by atoms with Crippen LogP contribution in [0.15, 0.2) is 0 Å². The van der Waals surface area contributed by atoms with Gasteiger partial charge in [0.25, 0.3) is 0 Å². The summed E-state index contributed by atoms with van der Waals surface area (Å²) in [6, 6.07) is 0. The normalized spacial score (nSPS) is 9.83. The topological polar surface area (TPSA) is 80.3 Å². The molecule has 0 fully saturated rings. The molecule has 0 N–H and O–H groups in total. The monoisotopic (exact) mass is 320 g/mol. The molecule has 0 heterocycles. The molecule has 0 aromatic carbocycles. The van der Waals surface area contributed by atoms with Gasteiger partial charge in [0.2, 0.25) is 0 Å². The molecule has 0 saturated carbocycles. The molecule has 0 aliphatic heterocycles. The minimum Gasteiger partial charge on any atom is 1.00 e. The van der Waals surface area contributed by atoms with E-state index in [4.69, 9.17) is 0 Å². The maximum atomic E-state index is 9.72. The molecule has 0 aliphatic rings. The van der Waals surface area contributed by atoms with E-state index in [9.17, 15) is 15.7 Å². The van der Waals surface area contributed by atoms with Crippen LogP contribution in [0.3, 0.4) is 0 Å². The van der Waals surface area contributed by atoms with Gasteiger partial charge in [-0.15, -0.1) is 0 Å². The summed E-state index contributed by atoms with van der Waals surface area (Å²) in [5.74, 6) is 0. The van der Waals surface area contributed by atoms with Crippen LogP contribution in [-0.2, 0) is 7.48 Å². The van der Waals surface area contributed by atoms with Crippen molar-refractivity contribution in [2.45, 2.75) is 22.8 Å². The Hall–Kier alpha value is 2.64. The quantitative estimate of drug-likeness (QED) is 0.416. The Kier molecular flexibility index (Phi) is 20.4. The molecule has 0 radical (unpaired) electrons. The second-order valence-electron chi connectivity index (χ2n) is 2.50. The van der Waals surface area contributed by atoms with Crippen LogP contribution in [0.25, 0.3) is 0 Å². The third kappa shape index (κ3) is 246. The number of hydrogen-bond acceptors (Lipinski definition) is 4. The first-order valence-electron chi connectivity index (χ1n) is 2.52. The van der Waals surface area contributed by atoms with E-state index in [1.807, 2.05) is 0 Å². The Morgan fingerprint density at radius 1 is 0.750 bits per heavy atom. The molecule has 0 unspecified atom stereocenters. The Balaban J connectivity index is -0.0000000457. The molecular formula is C4H12As2Na2O4. The van der Waals surface area contributed by atoms with Crippen molar-refractivity contribution < 1.29 is 74.8 Å². The molecule has 0 aromatic rings. The summed E-state index contributed by atoms with van der Waals surface area (Å²) >= 11 is -6.75. The van der Waals surface area contributed by atoms with Gasteiger partial charge in [0.05, 0.1) is 0 Å². The maximum Gasteiger partial charge on any atom is 1.00 e. The second kappa shape index (κ2) is 10.2. The zero-order chi connectivity index (χ0) is 9.00. The second-order valence-corrected chi connectivity index (χ2v) is 13.0. The molecule has 0 amide bonds. The van der Waals surface area contributed by atoms with E-state index < -0.39 is 27.7 Å². The average molecular weight is 320 g/mol. The summed E-state index contributed by atoms with van der Waals surface area (Å²) in [5, 5.41) is 0. The SMILES string of the molecule is C[As](C)(=O)[O-].C[As](C)(=O)[O-].[Na+].[Na+]. The molecule has 8 heteroatoms. The molecule has 64 valence electrons. The average Bonchev–Trinajstić information content (AvgIpc) is 1.12. The molecule has 12 heavy (non-hydrogen) atoms. The first-order valence-corrected chi connectivity index (χ1v) is 13.1. The molecule has 4 nitrogen and oxygen atoms in total. The molecule has 0 rings (SSSR count). The fraction of sp³-hybridized carbons (Fsp3) is 1.00. The van der Waals surface area contributed by atoms with E-state index in [1.165, 1.54) is 22.8 Å². The van der Waals surface area contributed by atoms with Crippen molar-refractivity contribution in [2.75, 3.05) is 0 Å². The summed E-state index contributed by atoms with van der Waals surface area (Å²) in [6.07, 6.45) is 0. The predicted molar refractivity (Wildman–Crippen MR) is 36.3 cm³/mol. The minimum absolute atomic E-state index is 0. The third-order valence-corrected chi connectivity index (χ3v) is 0. The van der Waals surface area contributed by atoms with Gasteiger partial charge in [-0.3, -0.25) is 0 Å². The fourth-order valence-electron chi connectivity index (χ4n) is 0. The Bertz CT molecular complexity index is 135. The van der Waals surface area contributed by atoms with E-state index in [2.05, 4.69) is 0 Å². The molecule has 0 aromatic heterocycles. The van der Waals surface area contributed by atoms with E-state index in [-0.39, 0.29) is 59.1 Å². The molecule has 0 aliphatic carbocycles. The van der Waals surface area contributed by atoms with Crippen LogP contribution in [-0.4, -0.2) is 27.7 Å². The van der Waals surface area contributed by atoms with Crippen molar-refractivity contribution in [2.24, 2.45) is 0 Å². The van der Waals surface area contributed by atoms with Gasteiger partial charge in [0.1, 0.15) is 0 Å². The standard InChI is InChI=1S/2C2H7AsO2.2Na/c2*1-3(2,4)5;;/h2*1-2H3,(H,4,5);;/q;;2*+1/p-2. The minimum atomic E-state index is -3.38. The number of rotatable bonds is 0. The van der Waals surface area contributed by atoms with Crippen LogP contribution in [0.2, 0.25) is 22.8 Å². The Morgan fingerprint density at radius 2 is 0.750 bits per heavy atom. The third-order valence-electron chi connectivity index (χ3n) is 0. The first-order chi connectivity index (χ1) is 4.00. The van der Waals surface area contributed by atoms with Crippen molar-refractivity contribution in [3.8, 4) is 0 Å². The van der Waals surface area contributed by atoms with E-state index in [0.29, 0.717) is 0 Å². The smallest absolute Gasteiger partial charge is 1.00 e. The first kappa shape index (κ1) is 24.1. The predicted octanol–water partition coefficient (Wildman–Crippen LogP) is -7.03. The van der Waals surface area contributed by atoms with Crippen LogP contribution in [0.1, 0.15) is 0 Å². The molecule has 0 saturated heterocycles. The van der Waals surface area contributed by atoms with Crippen molar-refractivity contribution in [3.63, 3.8) is 0 Å². The summed E-state index contributed by atoms with van der Waals surface area (Å²) in [4.78, 5) is 0.